The maximum absolute atomic E-state index is 11.9. The molecule has 9 nitrogen and oxygen atoms in total. The van der Waals surface area contributed by atoms with Crippen molar-refractivity contribution in [3.8, 4) is 5.75 Å². The number of rotatable bonds is 5. The van der Waals surface area contributed by atoms with Crippen LogP contribution in [0.2, 0.25) is 0 Å². The Bertz CT molecular complexity index is 1040. The molecule has 1 fully saturated rings. The zero-order chi connectivity index (χ0) is 19.0. The minimum atomic E-state index is -0.181. The Balaban J connectivity index is 1.62. The third-order valence-electron chi connectivity index (χ3n) is 4.32. The molecule has 0 bridgehead atoms. The van der Waals surface area contributed by atoms with Gasteiger partial charge in [0.2, 0.25) is 11.8 Å². The van der Waals surface area contributed by atoms with E-state index in [2.05, 4.69) is 25.7 Å². The first-order chi connectivity index (χ1) is 13.0. The SMILES string of the molecule is COc1cc2c(cnn2C(C)=O)cc1Nc1cc(NC(=O)C2CC2)ncn1. The van der Waals surface area contributed by atoms with Gasteiger partial charge in [0.15, 0.2) is 0 Å². The minimum Gasteiger partial charge on any atom is -0.494 e. The molecule has 1 saturated carbocycles. The van der Waals surface area contributed by atoms with Crippen LogP contribution in [0.1, 0.15) is 24.6 Å². The average Bonchev–Trinajstić information content (AvgIpc) is 3.41. The largest absolute Gasteiger partial charge is 0.494 e. The van der Waals surface area contributed by atoms with E-state index in [0.29, 0.717) is 28.6 Å². The second-order valence-corrected chi connectivity index (χ2v) is 6.36. The normalized spacial score (nSPS) is 13.4. The van der Waals surface area contributed by atoms with Gasteiger partial charge in [-0.2, -0.15) is 5.10 Å². The lowest BCUT2D eigenvalue weighted by Gasteiger charge is -2.12. The number of ether oxygens (including phenoxy) is 1. The molecule has 4 rings (SSSR count). The smallest absolute Gasteiger partial charge is 0.244 e. The Morgan fingerprint density at radius 1 is 1.19 bits per heavy atom. The fraction of sp³-hybridized carbons (Fsp3) is 0.278. The zero-order valence-electron chi connectivity index (χ0n) is 14.9. The summed E-state index contributed by atoms with van der Waals surface area (Å²) >= 11 is 0. The Morgan fingerprint density at radius 3 is 2.67 bits per heavy atom. The molecular weight excluding hydrogens is 348 g/mol. The molecule has 0 saturated heterocycles. The highest BCUT2D eigenvalue weighted by molar-refractivity contribution is 5.94. The predicted molar refractivity (Wildman–Crippen MR) is 99.3 cm³/mol. The average molecular weight is 366 g/mol. The maximum atomic E-state index is 11.9. The lowest BCUT2D eigenvalue weighted by Crippen LogP contribution is -2.14. The zero-order valence-corrected chi connectivity index (χ0v) is 14.9. The molecule has 1 aliphatic rings. The second kappa shape index (κ2) is 6.67. The molecule has 1 aromatic carbocycles. The van der Waals surface area contributed by atoms with Crippen molar-refractivity contribution in [2.75, 3.05) is 17.7 Å². The van der Waals surface area contributed by atoms with Crippen LogP contribution >= 0.6 is 0 Å². The van der Waals surface area contributed by atoms with E-state index in [9.17, 15) is 9.59 Å². The van der Waals surface area contributed by atoms with Crippen molar-refractivity contribution >= 4 is 40.0 Å². The van der Waals surface area contributed by atoms with E-state index in [4.69, 9.17) is 4.74 Å². The topological polar surface area (TPSA) is 111 Å². The second-order valence-electron chi connectivity index (χ2n) is 6.36. The van der Waals surface area contributed by atoms with Crippen molar-refractivity contribution in [1.29, 1.82) is 0 Å². The lowest BCUT2D eigenvalue weighted by molar-refractivity contribution is -0.117. The van der Waals surface area contributed by atoms with E-state index in [1.807, 2.05) is 6.07 Å². The first-order valence-corrected chi connectivity index (χ1v) is 8.52. The summed E-state index contributed by atoms with van der Waals surface area (Å²) in [5.41, 5.74) is 1.32. The Hall–Kier alpha value is -3.49. The van der Waals surface area contributed by atoms with E-state index in [1.54, 1.807) is 25.4 Å². The van der Waals surface area contributed by atoms with Crippen molar-refractivity contribution < 1.29 is 14.3 Å². The highest BCUT2D eigenvalue weighted by Gasteiger charge is 2.29. The number of hydrogen-bond acceptors (Lipinski definition) is 7. The molecule has 3 aromatic rings. The summed E-state index contributed by atoms with van der Waals surface area (Å²) in [4.78, 5) is 31.8. The van der Waals surface area contributed by atoms with Crippen LogP contribution in [0.25, 0.3) is 10.9 Å². The van der Waals surface area contributed by atoms with Crippen LogP contribution in [-0.2, 0) is 4.79 Å². The van der Waals surface area contributed by atoms with Crippen LogP contribution in [0, 0.1) is 5.92 Å². The van der Waals surface area contributed by atoms with Gasteiger partial charge in [-0.05, 0) is 18.9 Å². The van der Waals surface area contributed by atoms with E-state index in [0.717, 1.165) is 18.2 Å². The third kappa shape index (κ3) is 3.43. The van der Waals surface area contributed by atoms with E-state index < -0.39 is 0 Å². The molecule has 27 heavy (non-hydrogen) atoms. The third-order valence-corrected chi connectivity index (χ3v) is 4.32. The molecule has 0 aliphatic heterocycles. The monoisotopic (exact) mass is 366 g/mol. The van der Waals surface area contributed by atoms with Gasteiger partial charge in [-0.15, -0.1) is 0 Å². The standard InChI is InChI=1S/C18H18N6O3/c1-10(25)24-14-6-15(27-2)13(5-12(14)8-21-24)22-16-7-17(20-9-19-16)23-18(26)11-3-4-11/h5-9,11H,3-4H2,1-2H3,(H2,19,20,22,23,26). The van der Waals surface area contributed by atoms with Gasteiger partial charge in [0, 0.05) is 30.4 Å². The Kier molecular flexibility index (Phi) is 4.19. The van der Waals surface area contributed by atoms with Gasteiger partial charge in [0.1, 0.15) is 23.7 Å². The first kappa shape index (κ1) is 17.0. The van der Waals surface area contributed by atoms with Crippen LogP contribution in [-0.4, -0.2) is 38.7 Å². The lowest BCUT2D eigenvalue weighted by atomic mass is 10.2. The van der Waals surface area contributed by atoms with Crippen molar-refractivity contribution in [2.45, 2.75) is 19.8 Å². The first-order valence-electron chi connectivity index (χ1n) is 8.52. The van der Waals surface area contributed by atoms with Gasteiger partial charge in [-0.25, -0.2) is 14.6 Å². The molecule has 138 valence electrons. The van der Waals surface area contributed by atoms with Crippen LogP contribution in [0.3, 0.4) is 0 Å². The molecule has 0 unspecified atom stereocenters. The molecule has 2 heterocycles. The molecule has 1 amide bonds. The Labute approximate surface area is 154 Å². The van der Waals surface area contributed by atoms with Gasteiger partial charge >= 0.3 is 0 Å². The number of aromatic nitrogens is 4. The van der Waals surface area contributed by atoms with E-state index >= 15 is 0 Å². The number of benzene rings is 1. The van der Waals surface area contributed by atoms with Crippen LogP contribution in [0.5, 0.6) is 5.75 Å². The number of anilines is 3. The molecule has 2 N–H and O–H groups in total. The van der Waals surface area contributed by atoms with Crippen molar-refractivity contribution in [2.24, 2.45) is 5.92 Å². The van der Waals surface area contributed by atoms with Crippen LogP contribution in [0.4, 0.5) is 17.3 Å². The molecule has 0 spiro atoms. The maximum Gasteiger partial charge on any atom is 0.244 e. The van der Waals surface area contributed by atoms with Gasteiger partial charge in [0.25, 0.3) is 0 Å². The Morgan fingerprint density at radius 2 is 1.96 bits per heavy atom. The summed E-state index contributed by atoms with van der Waals surface area (Å²) in [6, 6.07) is 5.22. The number of fused-ring (bicyclic) bond motifs is 1. The molecule has 9 heteroatoms. The molecule has 2 aromatic heterocycles. The number of carbonyl (C=O) groups is 2. The molecule has 0 radical (unpaired) electrons. The molecule has 1 aliphatic carbocycles. The van der Waals surface area contributed by atoms with Crippen molar-refractivity contribution in [3.05, 3.63) is 30.7 Å². The number of carbonyl (C=O) groups excluding carboxylic acids is 2. The summed E-state index contributed by atoms with van der Waals surface area (Å²) < 4.78 is 6.75. The van der Waals surface area contributed by atoms with Crippen molar-refractivity contribution in [3.63, 3.8) is 0 Å². The van der Waals surface area contributed by atoms with Crippen molar-refractivity contribution in [1.82, 2.24) is 19.7 Å². The highest BCUT2D eigenvalue weighted by Crippen LogP contribution is 2.33. The quantitative estimate of drug-likeness (QED) is 0.714. The van der Waals surface area contributed by atoms with E-state index in [-0.39, 0.29) is 17.7 Å². The van der Waals surface area contributed by atoms with Gasteiger partial charge in [-0.3, -0.25) is 9.59 Å². The summed E-state index contributed by atoms with van der Waals surface area (Å²) in [6.07, 6.45) is 4.84. The summed E-state index contributed by atoms with van der Waals surface area (Å²) in [5.74, 6) is 1.38. The number of amides is 1. The minimum absolute atomic E-state index is 0.0182. The number of nitrogens with zero attached hydrogens (tertiary/aromatic N) is 4. The van der Waals surface area contributed by atoms with Gasteiger partial charge in [0.05, 0.1) is 24.5 Å². The number of methoxy groups -OCH3 is 1. The van der Waals surface area contributed by atoms with Gasteiger partial charge in [-0.1, -0.05) is 0 Å². The van der Waals surface area contributed by atoms with E-state index in [1.165, 1.54) is 17.9 Å². The number of nitrogens with one attached hydrogen (secondary N) is 2. The predicted octanol–water partition coefficient (Wildman–Crippen LogP) is 2.59. The van der Waals surface area contributed by atoms with Crippen LogP contribution in [0.15, 0.2) is 30.7 Å². The summed E-state index contributed by atoms with van der Waals surface area (Å²) in [7, 11) is 1.54. The number of hydrogen-bond donors (Lipinski definition) is 2. The van der Waals surface area contributed by atoms with Crippen LogP contribution < -0.4 is 15.4 Å². The molecular formula is C18H18N6O3. The summed E-state index contributed by atoms with van der Waals surface area (Å²) in [5, 5.41) is 10.8. The summed E-state index contributed by atoms with van der Waals surface area (Å²) in [6.45, 7) is 1.45. The van der Waals surface area contributed by atoms with Gasteiger partial charge < -0.3 is 15.4 Å². The fourth-order valence-electron chi connectivity index (χ4n) is 2.78. The molecule has 0 atom stereocenters. The fourth-order valence-corrected chi connectivity index (χ4v) is 2.78. The highest BCUT2D eigenvalue weighted by atomic mass is 16.5.